The number of rotatable bonds is 6. The van der Waals surface area contributed by atoms with Crippen molar-refractivity contribution in [3.05, 3.63) is 75.4 Å². The van der Waals surface area contributed by atoms with E-state index in [9.17, 15) is 9.59 Å². The highest BCUT2D eigenvalue weighted by Crippen LogP contribution is 2.36. The second kappa shape index (κ2) is 8.80. The number of likely N-dealkylation sites (N-methyl/N-ethyl adjacent to an activating group) is 1. The fourth-order valence-corrected chi connectivity index (χ4v) is 4.45. The largest absolute Gasteiger partial charge is 0.376 e. The van der Waals surface area contributed by atoms with Gasteiger partial charge >= 0.3 is 0 Å². The van der Waals surface area contributed by atoms with Crippen LogP contribution in [0.5, 0.6) is 0 Å². The smallest absolute Gasteiger partial charge is 0.277 e. The number of ether oxygens (including phenoxy) is 1. The number of carbonyl (C=O) groups excluding carboxylic acids is 2. The lowest BCUT2D eigenvalue weighted by Crippen LogP contribution is -2.39. The van der Waals surface area contributed by atoms with E-state index in [2.05, 4.69) is 0 Å². The normalized spacial score (nSPS) is 19.2. The average Bonchev–Trinajstić information content (AvgIpc) is 3.31. The molecule has 156 valence electrons. The van der Waals surface area contributed by atoms with E-state index < -0.39 is 0 Å². The van der Waals surface area contributed by atoms with Crippen LogP contribution >= 0.6 is 23.2 Å². The van der Waals surface area contributed by atoms with Crippen molar-refractivity contribution in [1.82, 2.24) is 9.80 Å². The summed E-state index contributed by atoms with van der Waals surface area (Å²) >= 11 is 12.5. The third-order valence-corrected chi connectivity index (χ3v) is 5.95. The second-order valence-corrected chi connectivity index (χ2v) is 8.39. The van der Waals surface area contributed by atoms with Crippen LogP contribution in [-0.4, -0.2) is 47.9 Å². The predicted octanol–water partition coefficient (Wildman–Crippen LogP) is 4.38. The molecule has 0 bridgehead atoms. The maximum Gasteiger partial charge on any atom is 0.277 e. The van der Waals surface area contributed by atoms with Gasteiger partial charge in [-0.05, 0) is 30.5 Å². The molecule has 0 aliphatic carbocycles. The molecule has 2 aromatic carbocycles. The molecule has 0 N–H and O–H groups in total. The molecule has 1 fully saturated rings. The fourth-order valence-electron chi connectivity index (χ4n) is 3.95. The standard InChI is InChI=1S/C23H22Cl2N2O3/c1-26(13-15-6-3-2-4-7-15)21-20(18-10-9-16(24)12-19(18)25)22(28)27(23(21)29)14-17-8-5-11-30-17/h2-4,6-7,9-10,12,17H,5,8,11,13-14H2,1H3. The Hall–Kier alpha value is -2.34. The van der Waals surface area contributed by atoms with E-state index in [1.165, 1.54) is 4.90 Å². The molecule has 0 aromatic heterocycles. The number of hydrogen-bond acceptors (Lipinski definition) is 4. The fraction of sp³-hybridized carbons (Fsp3) is 0.304. The molecule has 2 aliphatic rings. The topological polar surface area (TPSA) is 49.9 Å². The maximum absolute atomic E-state index is 13.4. The van der Waals surface area contributed by atoms with Crippen molar-refractivity contribution >= 4 is 40.6 Å². The molecule has 1 saturated heterocycles. The van der Waals surface area contributed by atoms with Crippen LogP contribution in [0.25, 0.3) is 5.57 Å². The Balaban J connectivity index is 1.73. The highest BCUT2D eigenvalue weighted by atomic mass is 35.5. The number of amides is 2. The number of halogens is 2. The molecule has 4 rings (SSSR count). The van der Waals surface area contributed by atoms with Crippen molar-refractivity contribution < 1.29 is 14.3 Å². The highest BCUT2D eigenvalue weighted by Gasteiger charge is 2.42. The molecule has 0 spiro atoms. The van der Waals surface area contributed by atoms with Crippen LogP contribution in [0, 0.1) is 0 Å². The molecule has 0 radical (unpaired) electrons. The first-order valence-corrected chi connectivity index (χ1v) is 10.6. The van der Waals surface area contributed by atoms with Crippen LogP contribution < -0.4 is 0 Å². The number of hydrogen-bond donors (Lipinski definition) is 0. The van der Waals surface area contributed by atoms with E-state index in [1.807, 2.05) is 42.3 Å². The Morgan fingerprint density at radius 1 is 1.10 bits per heavy atom. The van der Waals surface area contributed by atoms with Gasteiger partial charge < -0.3 is 9.64 Å². The molecule has 7 heteroatoms. The molecule has 0 saturated carbocycles. The Morgan fingerprint density at radius 2 is 1.87 bits per heavy atom. The van der Waals surface area contributed by atoms with Crippen molar-refractivity contribution in [3.8, 4) is 0 Å². The van der Waals surface area contributed by atoms with E-state index in [0.717, 1.165) is 18.4 Å². The lowest BCUT2D eigenvalue weighted by Gasteiger charge is -2.22. The summed E-state index contributed by atoms with van der Waals surface area (Å²) in [5.74, 6) is -0.676. The Labute approximate surface area is 185 Å². The summed E-state index contributed by atoms with van der Waals surface area (Å²) in [6.45, 7) is 1.39. The van der Waals surface area contributed by atoms with Gasteiger partial charge in [-0.3, -0.25) is 14.5 Å². The van der Waals surface area contributed by atoms with Crippen LogP contribution in [0.15, 0.2) is 54.2 Å². The van der Waals surface area contributed by atoms with Crippen molar-refractivity contribution in [3.63, 3.8) is 0 Å². The van der Waals surface area contributed by atoms with Crippen molar-refractivity contribution in [1.29, 1.82) is 0 Å². The number of imide groups is 1. The summed E-state index contributed by atoms with van der Waals surface area (Å²) in [6, 6.07) is 14.7. The van der Waals surface area contributed by atoms with Crippen LogP contribution in [-0.2, 0) is 20.9 Å². The first-order valence-electron chi connectivity index (χ1n) is 9.88. The molecule has 2 amide bonds. The minimum atomic E-state index is -0.352. The van der Waals surface area contributed by atoms with Gasteiger partial charge in [0.25, 0.3) is 11.8 Å². The zero-order valence-corrected chi connectivity index (χ0v) is 18.1. The number of nitrogens with zero attached hydrogens (tertiary/aromatic N) is 2. The molecular weight excluding hydrogens is 423 g/mol. The van der Waals surface area contributed by atoms with Gasteiger partial charge in [-0.25, -0.2) is 0 Å². The molecular formula is C23H22Cl2N2O3. The first kappa shape index (κ1) is 20.9. The van der Waals surface area contributed by atoms with E-state index >= 15 is 0 Å². The monoisotopic (exact) mass is 444 g/mol. The van der Waals surface area contributed by atoms with E-state index in [1.54, 1.807) is 18.2 Å². The zero-order chi connectivity index (χ0) is 21.3. The Kier molecular flexibility index (Phi) is 6.14. The molecule has 2 heterocycles. The molecule has 1 atom stereocenters. The molecule has 5 nitrogen and oxygen atoms in total. The van der Waals surface area contributed by atoms with E-state index in [4.69, 9.17) is 27.9 Å². The zero-order valence-electron chi connectivity index (χ0n) is 16.6. The van der Waals surface area contributed by atoms with Crippen molar-refractivity contribution in [2.24, 2.45) is 0 Å². The second-order valence-electron chi connectivity index (χ2n) is 7.55. The third-order valence-electron chi connectivity index (χ3n) is 5.40. The molecule has 2 aliphatic heterocycles. The summed E-state index contributed by atoms with van der Waals surface area (Å²) in [4.78, 5) is 29.9. The maximum atomic E-state index is 13.4. The lowest BCUT2D eigenvalue weighted by atomic mass is 10.0. The van der Waals surface area contributed by atoms with Gasteiger partial charge in [-0.15, -0.1) is 0 Å². The van der Waals surface area contributed by atoms with Gasteiger partial charge in [-0.2, -0.15) is 0 Å². The van der Waals surface area contributed by atoms with Gasteiger partial charge in [-0.1, -0.05) is 59.6 Å². The van der Waals surface area contributed by atoms with Crippen LogP contribution in [0.3, 0.4) is 0 Å². The Morgan fingerprint density at radius 3 is 2.53 bits per heavy atom. The number of benzene rings is 2. The quantitative estimate of drug-likeness (QED) is 0.620. The average molecular weight is 445 g/mol. The minimum absolute atomic E-state index is 0.126. The van der Waals surface area contributed by atoms with Gasteiger partial charge in [0.1, 0.15) is 5.70 Å². The van der Waals surface area contributed by atoms with Crippen LogP contribution in [0.4, 0.5) is 0 Å². The summed E-state index contributed by atoms with van der Waals surface area (Å²) < 4.78 is 5.66. The summed E-state index contributed by atoms with van der Waals surface area (Å²) in [5, 5.41) is 0.805. The SMILES string of the molecule is CN(Cc1ccccc1)C1=C(c2ccc(Cl)cc2Cl)C(=O)N(CC2CCCO2)C1=O. The lowest BCUT2D eigenvalue weighted by molar-refractivity contribution is -0.139. The van der Waals surface area contributed by atoms with Gasteiger partial charge in [0, 0.05) is 30.8 Å². The van der Waals surface area contributed by atoms with Gasteiger partial charge in [0.2, 0.25) is 0 Å². The minimum Gasteiger partial charge on any atom is -0.376 e. The van der Waals surface area contributed by atoms with Crippen molar-refractivity contribution in [2.45, 2.75) is 25.5 Å². The molecule has 2 aromatic rings. The van der Waals surface area contributed by atoms with E-state index in [-0.39, 0.29) is 24.5 Å². The third kappa shape index (κ3) is 4.10. The first-order chi connectivity index (χ1) is 14.5. The molecule has 30 heavy (non-hydrogen) atoms. The molecule has 1 unspecified atom stereocenters. The summed E-state index contributed by atoms with van der Waals surface area (Å²) in [5.41, 5.74) is 2.18. The number of carbonyl (C=O) groups is 2. The van der Waals surface area contributed by atoms with Gasteiger partial charge in [0.15, 0.2) is 0 Å². The van der Waals surface area contributed by atoms with E-state index in [0.29, 0.717) is 40.0 Å². The van der Waals surface area contributed by atoms with Gasteiger partial charge in [0.05, 0.1) is 23.2 Å². The summed E-state index contributed by atoms with van der Waals surface area (Å²) in [7, 11) is 1.81. The predicted molar refractivity (Wildman–Crippen MR) is 117 cm³/mol. The summed E-state index contributed by atoms with van der Waals surface area (Å²) in [6.07, 6.45) is 1.65. The van der Waals surface area contributed by atoms with Crippen molar-refractivity contribution in [2.75, 3.05) is 20.2 Å². The van der Waals surface area contributed by atoms with Crippen LogP contribution in [0.1, 0.15) is 24.0 Å². The highest BCUT2D eigenvalue weighted by molar-refractivity contribution is 6.41. The van der Waals surface area contributed by atoms with Crippen LogP contribution in [0.2, 0.25) is 10.0 Å². The Bertz CT molecular complexity index is 1000.